The number of pyridine rings is 1. The van der Waals surface area contributed by atoms with Gasteiger partial charge in [0.1, 0.15) is 0 Å². The summed E-state index contributed by atoms with van der Waals surface area (Å²) < 4.78 is 5.54. The maximum Gasteiger partial charge on any atom is 0.303 e. The molecule has 0 aliphatic rings. The monoisotopic (exact) mass is 321 g/mol. The predicted octanol–water partition coefficient (Wildman–Crippen LogP) is 3.74. The van der Waals surface area contributed by atoms with Crippen molar-refractivity contribution in [1.82, 2.24) is 4.98 Å². The van der Waals surface area contributed by atoms with Crippen molar-refractivity contribution in [2.45, 2.75) is 26.4 Å². The van der Waals surface area contributed by atoms with Crippen LogP contribution in [0.4, 0.5) is 0 Å². The molecular weight excluding hydrogens is 302 g/mol. The van der Waals surface area contributed by atoms with Crippen LogP contribution in [-0.2, 0) is 16.0 Å². The number of carbonyl (C=O) groups is 1. The fourth-order valence-corrected chi connectivity index (χ4v) is 2.82. The summed E-state index contributed by atoms with van der Waals surface area (Å²) in [6.45, 7) is 3.36. The SMILES string of the molecule is CCc1cc2cc(C(OC(C)=O)c3ccccc3)ccc2[nH]c1=O. The van der Waals surface area contributed by atoms with E-state index in [-0.39, 0.29) is 11.5 Å². The van der Waals surface area contributed by atoms with Crippen LogP contribution >= 0.6 is 0 Å². The molecule has 4 heteroatoms. The lowest BCUT2D eigenvalue weighted by atomic mass is 9.99. The Morgan fingerprint density at radius 3 is 2.50 bits per heavy atom. The van der Waals surface area contributed by atoms with Crippen LogP contribution in [0.2, 0.25) is 0 Å². The van der Waals surface area contributed by atoms with E-state index in [0.717, 1.165) is 27.6 Å². The molecule has 0 fully saturated rings. The third-order valence-electron chi connectivity index (χ3n) is 4.01. The van der Waals surface area contributed by atoms with E-state index < -0.39 is 6.10 Å². The minimum Gasteiger partial charge on any atom is -0.453 e. The average molecular weight is 321 g/mol. The average Bonchev–Trinajstić information content (AvgIpc) is 2.59. The van der Waals surface area contributed by atoms with E-state index in [1.807, 2.05) is 61.5 Å². The van der Waals surface area contributed by atoms with E-state index in [1.165, 1.54) is 6.92 Å². The lowest BCUT2D eigenvalue weighted by Gasteiger charge is -2.18. The first-order valence-corrected chi connectivity index (χ1v) is 7.96. The molecule has 1 heterocycles. The molecule has 0 spiro atoms. The van der Waals surface area contributed by atoms with E-state index in [0.29, 0.717) is 6.42 Å². The summed E-state index contributed by atoms with van der Waals surface area (Å²) in [6.07, 6.45) is 0.201. The highest BCUT2D eigenvalue weighted by molar-refractivity contribution is 5.80. The molecule has 3 rings (SSSR count). The van der Waals surface area contributed by atoms with Gasteiger partial charge in [-0.25, -0.2) is 0 Å². The van der Waals surface area contributed by atoms with Crippen molar-refractivity contribution in [1.29, 1.82) is 0 Å². The summed E-state index contributed by atoms with van der Waals surface area (Å²) in [6, 6.07) is 17.2. The number of H-pyrrole nitrogens is 1. The molecule has 1 atom stereocenters. The molecule has 0 saturated carbocycles. The Labute approximate surface area is 140 Å². The smallest absolute Gasteiger partial charge is 0.303 e. The fourth-order valence-electron chi connectivity index (χ4n) is 2.82. The summed E-state index contributed by atoms with van der Waals surface area (Å²) in [5.74, 6) is -0.334. The first-order chi connectivity index (χ1) is 11.6. The van der Waals surface area contributed by atoms with Crippen molar-refractivity contribution in [2.75, 3.05) is 0 Å². The number of aromatic nitrogens is 1. The van der Waals surface area contributed by atoms with Crippen LogP contribution in [0.15, 0.2) is 59.4 Å². The van der Waals surface area contributed by atoms with Gasteiger partial charge in [0.05, 0.1) is 0 Å². The second kappa shape index (κ2) is 6.71. The highest BCUT2D eigenvalue weighted by Gasteiger charge is 2.17. The van der Waals surface area contributed by atoms with Gasteiger partial charge in [0.15, 0.2) is 6.10 Å². The fraction of sp³-hybridized carbons (Fsp3) is 0.200. The summed E-state index contributed by atoms with van der Waals surface area (Å²) >= 11 is 0. The zero-order valence-corrected chi connectivity index (χ0v) is 13.7. The molecule has 0 radical (unpaired) electrons. The first-order valence-electron chi connectivity index (χ1n) is 7.96. The number of fused-ring (bicyclic) bond motifs is 1. The lowest BCUT2D eigenvalue weighted by Crippen LogP contribution is -2.12. The second-order valence-electron chi connectivity index (χ2n) is 5.72. The van der Waals surface area contributed by atoms with Crippen LogP contribution in [-0.4, -0.2) is 11.0 Å². The Morgan fingerprint density at radius 2 is 1.83 bits per heavy atom. The summed E-state index contributed by atoms with van der Waals surface area (Å²) in [4.78, 5) is 26.4. The second-order valence-corrected chi connectivity index (χ2v) is 5.72. The molecule has 2 aromatic carbocycles. The molecule has 0 saturated heterocycles. The number of rotatable bonds is 4. The third-order valence-corrected chi connectivity index (χ3v) is 4.01. The number of aromatic amines is 1. The number of ether oxygens (including phenoxy) is 1. The van der Waals surface area contributed by atoms with Crippen molar-refractivity contribution in [3.05, 3.63) is 81.6 Å². The number of hydrogen-bond donors (Lipinski definition) is 1. The van der Waals surface area contributed by atoms with E-state index in [1.54, 1.807) is 0 Å². The van der Waals surface area contributed by atoms with E-state index in [2.05, 4.69) is 4.98 Å². The van der Waals surface area contributed by atoms with Gasteiger partial charge in [-0.1, -0.05) is 43.3 Å². The number of benzene rings is 2. The summed E-state index contributed by atoms with van der Waals surface area (Å²) in [5, 5.41) is 0.928. The summed E-state index contributed by atoms with van der Waals surface area (Å²) in [5.41, 5.74) is 3.24. The topological polar surface area (TPSA) is 59.2 Å². The van der Waals surface area contributed by atoms with Crippen molar-refractivity contribution >= 4 is 16.9 Å². The molecule has 4 nitrogen and oxygen atoms in total. The van der Waals surface area contributed by atoms with Crippen LogP contribution < -0.4 is 5.56 Å². The molecule has 122 valence electrons. The molecule has 0 aliphatic carbocycles. The Hall–Kier alpha value is -2.88. The van der Waals surface area contributed by atoms with Crippen molar-refractivity contribution in [2.24, 2.45) is 0 Å². The quantitative estimate of drug-likeness (QED) is 0.745. The Balaban J connectivity index is 2.12. The zero-order valence-electron chi connectivity index (χ0n) is 13.7. The summed E-state index contributed by atoms with van der Waals surface area (Å²) in [7, 11) is 0. The molecule has 0 amide bonds. The van der Waals surface area contributed by atoms with Gasteiger partial charge in [-0.3, -0.25) is 9.59 Å². The number of hydrogen-bond acceptors (Lipinski definition) is 3. The number of esters is 1. The lowest BCUT2D eigenvalue weighted by molar-refractivity contribution is -0.144. The van der Waals surface area contributed by atoms with Gasteiger partial charge in [0.2, 0.25) is 0 Å². The van der Waals surface area contributed by atoms with Crippen LogP contribution in [0.1, 0.15) is 36.6 Å². The molecule has 0 aliphatic heterocycles. The zero-order chi connectivity index (χ0) is 17.1. The van der Waals surface area contributed by atoms with Gasteiger partial charge >= 0.3 is 5.97 Å². The molecule has 24 heavy (non-hydrogen) atoms. The van der Waals surface area contributed by atoms with Gasteiger partial charge < -0.3 is 9.72 Å². The Kier molecular flexibility index (Phi) is 4.47. The standard InChI is InChI=1S/C20H19NO3/c1-3-14-11-17-12-16(9-10-18(17)21-20(14)23)19(24-13(2)22)15-7-5-4-6-8-15/h4-12,19H,3H2,1-2H3,(H,21,23). The van der Waals surface area contributed by atoms with Gasteiger partial charge in [-0.15, -0.1) is 0 Å². The largest absolute Gasteiger partial charge is 0.453 e. The van der Waals surface area contributed by atoms with Gasteiger partial charge in [0.25, 0.3) is 5.56 Å². The highest BCUT2D eigenvalue weighted by atomic mass is 16.5. The van der Waals surface area contributed by atoms with Crippen LogP contribution in [0.25, 0.3) is 10.9 Å². The van der Waals surface area contributed by atoms with E-state index >= 15 is 0 Å². The minimum absolute atomic E-state index is 0.0580. The van der Waals surface area contributed by atoms with Gasteiger partial charge in [-0.05, 0) is 41.1 Å². The number of carbonyl (C=O) groups excluding carboxylic acids is 1. The van der Waals surface area contributed by atoms with E-state index in [4.69, 9.17) is 4.74 Å². The van der Waals surface area contributed by atoms with Crippen molar-refractivity contribution in [3.8, 4) is 0 Å². The minimum atomic E-state index is -0.467. The van der Waals surface area contributed by atoms with Gasteiger partial charge in [0, 0.05) is 18.0 Å². The van der Waals surface area contributed by atoms with Crippen LogP contribution in [0.5, 0.6) is 0 Å². The third kappa shape index (κ3) is 3.23. The molecule has 0 bridgehead atoms. The molecule has 1 unspecified atom stereocenters. The maximum absolute atomic E-state index is 11.9. The van der Waals surface area contributed by atoms with Crippen molar-refractivity contribution in [3.63, 3.8) is 0 Å². The predicted molar refractivity (Wildman–Crippen MR) is 94.0 cm³/mol. The normalized spacial score (nSPS) is 12.1. The Bertz CT molecular complexity index is 929. The Morgan fingerprint density at radius 1 is 1.08 bits per heavy atom. The highest BCUT2D eigenvalue weighted by Crippen LogP contribution is 2.28. The number of aryl methyl sites for hydroxylation is 1. The molecule has 3 aromatic rings. The van der Waals surface area contributed by atoms with Crippen LogP contribution in [0.3, 0.4) is 0 Å². The van der Waals surface area contributed by atoms with Crippen molar-refractivity contribution < 1.29 is 9.53 Å². The van der Waals surface area contributed by atoms with E-state index in [9.17, 15) is 9.59 Å². The maximum atomic E-state index is 11.9. The molecular formula is C20H19NO3. The van der Waals surface area contributed by atoms with Crippen LogP contribution in [0, 0.1) is 0 Å². The first kappa shape index (κ1) is 16.0. The molecule has 1 N–H and O–H groups in total. The number of nitrogens with one attached hydrogen (secondary N) is 1. The van der Waals surface area contributed by atoms with Gasteiger partial charge in [-0.2, -0.15) is 0 Å². The molecule has 1 aromatic heterocycles.